The van der Waals surface area contributed by atoms with E-state index in [1.807, 2.05) is 24.3 Å². The van der Waals surface area contributed by atoms with Crippen molar-refractivity contribution in [1.82, 2.24) is 9.55 Å². The molecule has 2 aliphatic rings. The number of hydrogen-bond donors (Lipinski definition) is 1. The third-order valence-corrected chi connectivity index (χ3v) is 6.47. The molecule has 5 nitrogen and oxygen atoms in total. The second-order valence-electron chi connectivity index (χ2n) is 9.03. The minimum Gasteiger partial charge on any atom is -0.442 e. The molecule has 2 aromatic carbocycles. The van der Waals surface area contributed by atoms with Gasteiger partial charge in [0.2, 0.25) is 5.88 Å². The summed E-state index contributed by atoms with van der Waals surface area (Å²) in [7, 11) is 0. The maximum atomic E-state index is 13.3. The molecule has 1 aromatic heterocycles. The second-order valence-corrected chi connectivity index (χ2v) is 9.90. The molecule has 1 aliphatic carbocycles. The standard InChI is InChI=1S/C25H21Cl2N3O2/c1-25(2)11-18(31)21-19(12-25)32-24-22(20(21)14-6-8-15(26)9-7-14)23(28)30(13-29-24)17-5-3-4-16(27)10-17/h3-10,13,20,28H,11-12H2,1-2H3. The SMILES string of the molecule is CC1(C)CC(=O)C2=C(C1)Oc1ncn(-c3cccc(Cl)c3)c(=N)c1C2c1ccc(Cl)cc1. The summed E-state index contributed by atoms with van der Waals surface area (Å²) in [5.41, 5.74) is 2.75. The highest BCUT2D eigenvalue weighted by atomic mass is 35.5. The average molecular weight is 466 g/mol. The van der Waals surface area contributed by atoms with E-state index in [4.69, 9.17) is 33.3 Å². The maximum absolute atomic E-state index is 13.3. The maximum Gasteiger partial charge on any atom is 0.228 e. The number of carbonyl (C=O) groups is 1. The van der Waals surface area contributed by atoms with Gasteiger partial charge in [0, 0.05) is 40.1 Å². The van der Waals surface area contributed by atoms with Crippen LogP contribution in [0.3, 0.4) is 0 Å². The van der Waals surface area contributed by atoms with Gasteiger partial charge in [-0.1, -0.05) is 55.2 Å². The summed E-state index contributed by atoms with van der Waals surface area (Å²) in [6, 6.07) is 14.6. The molecule has 0 saturated carbocycles. The quantitative estimate of drug-likeness (QED) is 0.517. The predicted octanol–water partition coefficient (Wildman–Crippen LogP) is 5.83. The van der Waals surface area contributed by atoms with Crippen LogP contribution in [0.15, 0.2) is 66.2 Å². The number of allylic oxidation sites excluding steroid dienone is 2. The number of carbonyl (C=O) groups excluding carboxylic acids is 1. The zero-order valence-corrected chi connectivity index (χ0v) is 19.2. The molecule has 0 bridgehead atoms. The Bertz CT molecular complexity index is 1340. The van der Waals surface area contributed by atoms with Crippen molar-refractivity contribution in [2.45, 2.75) is 32.6 Å². The van der Waals surface area contributed by atoms with Gasteiger partial charge in [0.05, 0.1) is 5.56 Å². The summed E-state index contributed by atoms with van der Waals surface area (Å²) in [5.74, 6) is 0.587. The average Bonchev–Trinajstić information content (AvgIpc) is 2.72. The number of nitrogens with zero attached hydrogens (tertiary/aromatic N) is 2. The number of rotatable bonds is 2. The summed E-state index contributed by atoms with van der Waals surface area (Å²) >= 11 is 12.3. The van der Waals surface area contributed by atoms with Gasteiger partial charge in [0.25, 0.3) is 0 Å². The van der Waals surface area contributed by atoms with Crippen LogP contribution in [0.1, 0.15) is 43.7 Å². The number of Topliss-reactive ketones (excluding diaryl/α,β-unsaturated/α-hetero) is 1. The number of benzene rings is 2. The Morgan fingerprint density at radius 2 is 1.84 bits per heavy atom. The fourth-order valence-electron chi connectivity index (χ4n) is 4.57. The van der Waals surface area contributed by atoms with Gasteiger partial charge in [-0.3, -0.25) is 14.8 Å². The van der Waals surface area contributed by atoms with Crippen LogP contribution in [0.25, 0.3) is 5.69 Å². The molecular formula is C25H21Cl2N3O2. The second kappa shape index (κ2) is 7.61. The number of ketones is 1. The van der Waals surface area contributed by atoms with E-state index in [0.29, 0.717) is 51.4 Å². The van der Waals surface area contributed by atoms with E-state index >= 15 is 0 Å². The molecule has 1 N–H and O–H groups in total. The number of nitrogens with one attached hydrogen (secondary N) is 1. The molecule has 2 heterocycles. The van der Waals surface area contributed by atoms with Crippen LogP contribution in [-0.4, -0.2) is 15.3 Å². The molecule has 0 spiro atoms. The number of halogens is 2. The summed E-state index contributed by atoms with van der Waals surface area (Å²) in [4.78, 5) is 17.9. The third kappa shape index (κ3) is 3.55. The van der Waals surface area contributed by atoms with E-state index in [1.165, 1.54) is 0 Å². The largest absolute Gasteiger partial charge is 0.442 e. The summed E-state index contributed by atoms with van der Waals surface area (Å²) in [6.45, 7) is 4.12. The predicted molar refractivity (Wildman–Crippen MR) is 123 cm³/mol. The first-order valence-corrected chi connectivity index (χ1v) is 11.1. The van der Waals surface area contributed by atoms with Gasteiger partial charge in [0.15, 0.2) is 5.78 Å². The smallest absolute Gasteiger partial charge is 0.228 e. The van der Waals surface area contributed by atoms with Crippen molar-refractivity contribution in [3.63, 3.8) is 0 Å². The van der Waals surface area contributed by atoms with Crippen LogP contribution < -0.4 is 10.2 Å². The Kier molecular flexibility index (Phi) is 4.99. The lowest BCUT2D eigenvalue weighted by Gasteiger charge is -2.37. The molecule has 0 radical (unpaired) electrons. The van der Waals surface area contributed by atoms with Crippen molar-refractivity contribution in [1.29, 1.82) is 5.41 Å². The Morgan fingerprint density at radius 3 is 2.56 bits per heavy atom. The van der Waals surface area contributed by atoms with Crippen molar-refractivity contribution in [3.8, 4) is 11.6 Å². The van der Waals surface area contributed by atoms with Crippen LogP contribution in [0.2, 0.25) is 10.0 Å². The first-order chi connectivity index (χ1) is 15.2. The van der Waals surface area contributed by atoms with Crippen LogP contribution in [0.5, 0.6) is 5.88 Å². The van der Waals surface area contributed by atoms with E-state index in [9.17, 15) is 4.79 Å². The molecule has 3 aromatic rings. The van der Waals surface area contributed by atoms with Gasteiger partial charge >= 0.3 is 0 Å². The minimum absolute atomic E-state index is 0.0411. The van der Waals surface area contributed by atoms with Crippen molar-refractivity contribution in [2.75, 3.05) is 0 Å². The zero-order valence-electron chi connectivity index (χ0n) is 17.7. The Hall–Kier alpha value is -2.89. The molecule has 162 valence electrons. The fraction of sp³-hybridized carbons (Fsp3) is 0.240. The van der Waals surface area contributed by atoms with Crippen molar-refractivity contribution in [2.24, 2.45) is 5.41 Å². The van der Waals surface area contributed by atoms with E-state index in [2.05, 4.69) is 18.8 Å². The van der Waals surface area contributed by atoms with E-state index < -0.39 is 5.92 Å². The lowest BCUT2D eigenvalue weighted by atomic mass is 9.70. The van der Waals surface area contributed by atoms with E-state index in [0.717, 1.165) is 5.56 Å². The van der Waals surface area contributed by atoms with Gasteiger partial charge in [-0.05, 0) is 41.3 Å². The lowest BCUT2D eigenvalue weighted by Crippen LogP contribution is -2.37. The van der Waals surface area contributed by atoms with Crippen LogP contribution in [0.4, 0.5) is 0 Å². The Balaban J connectivity index is 1.76. The summed E-state index contributed by atoms with van der Waals surface area (Å²) in [5, 5.41) is 10.2. The van der Waals surface area contributed by atoms with Crippen molar-refractivity contribution >= 4 is 29.0 Å². The van der Waals surface area contributed by atoms with Gasteiger partial charge in [-0.25, -0.2) is 4.98 Å². The monoisotopic (exact) mass is 465 g/mol. The number of hydrogen-bond acceptors (Lipinski definition) is 4. The summed E-state index contributed by atoms with van der Waals surface area (Å²) in [6.07, 6.45) is 2.62. The molecule has 7 heteroatoms. The molecule has 0 amide bonds. The van der Waals surface area contributed by atoms with Gasteiger partial charge in [-0.15, -0.1) is 0 Å². The summed E-state index contributed by atoms with van der Waals surface area (Å²) < 4.78 is 7.83. The third-order valence-electron chi connectivity index (χ3n) is 5.98. The van der Waals surface area contributed by atoms with Crippen LogP contribution in [-0.2, 0) is 4.79 Å². The normalized spacial score (nSPS) is 19.2. The first kappa shape index (κ1) is 21.0. The zero-order chi connectivity index (χ0) is 22.6. The fourth-order valence-corrected chi connectivity index (χ4v) is 4.88. The van der Waals surface area contributed by atoms with E-state index in [1.54, 1.807) is 35.2 Å². The Labute approximate surface area is 195 Å². The minimum atomic E-state index is -0.457. The van der Waals surface area contributed by atoms with Gasteiger partial charge in [-0.2, -0.15) is 0 Å². The van der Waals surface area contributed by atoms with Gasteiger partial charge < -0.3 is 4.74 Å². The van der Waals surface area contributed by atoms with Crippen LogP contribution >= 0.6 is 23.2 Å². The number of aromatic nitrogens is 2. The number of ether oxygens (including phenoxy) is 1. The molecule has 32 heavy (non-hydrogen) atoms. The molecule has 1 unspecified atom stereocenters. The Morgan fingerprint density at radius 1 is 1.09 bits per heavy atom. The number of fused-ring (bicyclic) bond motifs is 1. The van der Waals surface area contributed by atoms with E-state index in [-0.39, 0.29) is 16.7 Å². The van der Waals surface area contributed by atoms with Gasteiger partial charge in [0.1, 0.15) is 17.6 Å². The topological polar surface area (TPSA) is 68.0 Å². The lowest BCUT2D eigenvalue weighted by molar-refractivity contribution is -0.118. The highest BCUT2D eigenvalue weighted by Gasteiger charge is 2.43. The molecule has 0 fully saturated rings. The molecule has 1 aliphatic heterocycles. The highest BCUT2D eigenvalue weighted by molar-refractivity contribution is 6.31. The highest BCUT2D eigenvalue weighted by Crippen LogP contribution is 2.48. The molecule has 0 saturated heterocycles. The van der Waals surface area contributed by atoms with Crippen molar-refractivity contribution in [3.05, 3.63) is 92.9 Å². The first-order valence-electron chi connectivity index (χ1n) is 10.4. The molecule has 5 rings (SSSR count). The van der Waals surface area contributed by atoms with Crippen molar-refractivity contribution < 1.29 is 9.53 Å². The molecule has 1 atom stereocenters. The van der Waals surface area contributed by atoms with Crippen LogP contribution in [0, 0.1) is 10.8 Å². The molecular weight excluding hydrogens is 445 g/mol.